The molecule has 4 aromatic rings. The molecule has 0 aliphatic carbocycles. The fourth-order valence-corrected chi connectivity index (χ4v) is 4.75. The van der Waals surface area contributed by atoms with E-state index in [-0.39, 0.29) is 28.7 Å². The molecular formula is C38H39NO8. The molecule has 244 valence electrons. The Hall–Kier alpha value is -5.44. The minimum absolute atomic E-state index is 0.150. The Balaban J connectivity index is 1.33. The molecule has 0 aromatic heterocycles. The van der Waals surface area contributed by atoms with Gasteiger partial charge in [0.05, 0.1) is 31.5 Å². The molecule has 0 saturated heterocycles. The van der Waals surface area contributed by atoms with Crippen LogP contribution < -0.4 is 18.9 Å². The Morgan fingerprint density at radius 2 is 1.38 bits per heavy atom. The van der Waals surface area contributed by atoms with Crippen molar-refractivity contribution in [2.45, 2.75) is 45.4 Å². The van der Waals surface area contributed by atoms with Crippen molar-refractivity contribution in [1.29, 1.82) is 5.41 Å². The van der Waals surface area contributed by atoms with E-state index in [0.29, 0.717) is 24.3 Å². The van der Waals surface area contributed by atoms with E-state index in [1.807, 2.05) is 50.2 Å². The number of rotatable bonds is 16. The fraction of sp³-hybridized carbons (Fsp3) is 0.263. The van der Waals surface area contributed by atoms with Crippen LogP contribution in [0.5, 0.6) is 23.0 Å². The van der Waals surface area contributed by atoms with Gasteiger partial charge in [-0.25, -0.2) is 14.4 Å². The number of carbonyl (C=O) groups excluding carboxylic acids is 3. The number of hydrogen-bond acceptors (Lipinski definition) is 9. The second kappa shape index (κ2) is 16.7. The van der Waals surface area contributed by atoms with Crippen molar-refractivity contribution in [3.8, 4) is 23.0 Å². The average Bonchev–Trinajstić information content (AvgIpc) is 3.08. The first kappa shape index (κ1) is 34.4. The fourth-order valence-electron chi connectivity index (χ4n) is 4.75. The topological polar surface area (TPSA) is 121 Å². The standard InChI is InChI=1S/C38H39NO8/c1-5-36(40)45-19-9-7-6-8-18-44-32-15-12-27-21-29(11-10-28(27)22-32)37(41)47-34-17-14-30(23-35(34)43-4)38(42)46-33-16-13-26(25(2)3)20-31(33)24-39/h5,10-17,20-25,39H,1,6-9,18-19H2,2-4H3. The van der Waals surface area contributed by atoms with Crippen LogP contribution in [0.2, 0.25) is 0 Å². The van der Waals surface area contributed by atoms with Gasteiger partial charge in [0.25, 0.3) is 0 Å². The number of benzene rings is 4. The van der Waals surface area contributed by atoms with Crippen molar-refractivity contribution < 1.29 is 38.1 Å². The first-order valence-electron chi connectivity index (χ1n) is 15.4. The summed E-state index contributed by atoms with van der Waals surface area (Å²) in [7, 11) is 1.42. The number of ether oxygens (including phenoxy) is 5. The largest absolute Gasteiger partial charge is 0.494 e. The minimum Gasteiger partial charge on any atom is -0.494 e. The van der Waals surface area contributed by atoms with Crippen LogP contribution in [0.15, 0.2) is 85.5 Å². The predicted molar refractivity (Wildman–Crippen MR) is 180 cm³/mol. The van der Waals surface area contributed by atoms with Gasteiger partial charge in [0.2, 0.25) is 0 Å². The summed E-state index contributed by atoms with van der Waals surface area (Å²) in [5, 5.41) is 9.47. The van der Waals surface area contributed by atoms with Gasteiger partial charge in [-0.1, -0.05) is 38.6 Å². The van der Waals surface area contributed by atoms with Crippen LogP contribution in [0.25, 0.3) is 10.8 Å². The smallest absolute Gasteiger partial charge is 0.343 e. The third kappa shape index (κ3) is 9.53. The van der Waals surface area contributed by atoms with E-state index >= 15 is 0 Å². The Morgan fingerprint density at radius 1 is 0.745 bits per heavy atom. The highest BCUT2D eigenvalue weighted by Gasteiger charge is 2.18. The third-order valence-electron chi connectivity index (χ3n) is 7.43. The van der Waals surface area contributed by atoms with Gasteiger partial charge in [0.1, 0.15) is 11.5 Å². The predicted octanol–water partition coefficient (Wildman–Crippen LogP) is 8.08. The van der Waals surface area contributed by atoms with Crippen molar-refractivity contribution in [1.82, 2.24) is 0 Å². The molecule has 0 unspecified atom stereocenters. The summed E-state index contributed by atoms with van der Waals surface area (Å²) in [5.41, 5.74) is 2.07. The van der Waals surface area contributed by atoms with Crippen molar-refractivity contribution in [2.24, 2.45) is 0 Å². The molecule has 0 radical (unpaired) electrons. The number of carbonyl (C=O) groups is 3. The van der Waals surface area contributed by atoms with Gasteiger partial charge in [-0.2, -0.15) is 0 Å². The maximum Gasteiger partial charge on any atom is 0.343 e. The second-order valence-electron chi connectivity index (χ2n) is 11.1. The minimum atomic E-state index is -0.636. The highest BCUT2D eigenvalue weighted by atomic mass is 16.6. The molecule has 9 nitrogen and oxygen atoms in total. The van der Waals surface area contributed by atoms with Crippen LogP contribution in [0.3, 0.4) is 0 Å². The molecule has 4 aromatic carbocycles. The maximum atomic E-state index is 13.1. The van der Waals surface area contributed by atoms with E-state index in [1.54, 1.807) is 18.2 Å². The number of hydrogen-bond donors (Lipinski definition) is 1. The Bertz CT molecular complexity index is 1760. The van der Waals surface area contributed by atoms with Crippen LogP contribution in [-0.2, 0) is 9.53 Å². The van der Waals surface area contributed by atoms with Gasteiger partial charge >= 0.3 is 17.9 Å². The maximum absolute atomic E-state index is 13.1. The van der Waals surface area contributed by atoms with Gasteiger partial charge < -0.3 is 29.1 Å². The van der Waals surface area contributed by atoms with Gasteiger partial charge in [-0.05, 0) is 103 Å². The monoisotopic (exact) mass is 637 g/mol. The van der Waals surface area contributed by atoms with Crippen LogP contribution in [0.4, 0.5) is 0 Å². The molecule has 0 saturated carbocycles. The molecule has 0 spiro atoms. The molecule has 1 N–H and O–H groups in total. The number of fused-ring (bicyclic) bond motifs is 1. The Labute approximate surface area is 274 Å². The normalized spacial score (nSPS) is 10.7. The van der Waals surface area contributed by atoms with E-state index in [0.717, 1.165) is 60.1 Å². The third-order valence-corrected chi connectivity index (χ3v) is 7.43. The molecular weight excluding hydrogens is 598 g/mol. The molecule has 0 amide bonds. The van der Waals surface area contributed by atoms with Crippen molar-refractivity contribution in [3.63, 3.8) is 0 Å². The lowest BCUT2D eigenvalue weighted by Crippen LogP contribution is -2.12. The van der Waals surface area contributed by atoms with Crippen LogP contribution in [-0.4, -0.2) is 44.4 Å². The number of methoxy groups -OCH3 is 1. The molecule has 0 bridgehead atoms. The first-order chi connectivity index (χ1) is 22.7. The van der Waals surface area contributed by atoms with E-state index in [2.05, 4.69) is 6.58 Å². The van der Waals surface area contributed by atoms with Gasteiger partial charge in [0, 0.05) is 17.9 Å². The van der Waals surface area contributed by atoms with Crippen LogP contribution >= 0.6 is 0 Å². The highest BCUT2D eigenvalue weighted by Crippen LogP contribution is 2.31. The zero-order chi connectivity index (χ0) is 33.8. The molecule has 0 aliphatic rings. The van der Waals surface area contributed by atoms with E-state index in [4.69, 9.17) is 29.1 Å². The lowest BCUT2D eigenvalue weighted by Gasteiger charge is -2.13. The lowest BCUT2D eigenvalue weighted by atomic mass is 10.0. The second-order valence-corrected chi connectivity index (χ2v) is 11.1. The lowest BCUT2D eigenvalue weighted by molar-refractivity contribution is -0.137. The molecule has 4 rings (SSSR count). The SMILES string of the molecule is C=CC(=O)OCCCCCCOc1ccc2cc(C(=O)Oc3ccc(C(=O)Oc4ccc(C(C)C)cc4C=N)cc3OC)ccc2c1. The van der Waals surface area contributed by atoms with Crippen LogP contribution in [0, 0.1) is 5.41 Å². The van der Waals surface area contributed by atoms with E-state index in [1.165, 1.54) is 25.3 Å². The quantitative estimate of drug-likeness (QED) is 0.0430. The van der Waals surface area contributed by atoms with E-state index < -0.39 is 17.9 Å². The van der Waals surface area contributed by atoms with Gasteiger partial charge in [-0.3, -0.25) is 0 Å². The Morgan fingerprint density at radius 3 is 2.09 bits per heavy atom. The van der Waals surface area contributed by atoms with E-state index in [9.17, 15) is 14.4 Å². The van der Waals surface area contributed by atoms with Crippen LogP contribution in [0.1, 0.15) is 77.3 Å². The summed E-state index contributed by atoms with van der Waals surface area (Å²) >= 11 is 0. The average molecular weight is 638 g/mol. The molecule has 9 heteroatoms. The summed E-state index contributed by atoms with van der Waals surface area (Å²) < 4.78 is 27.5. The molecule has 0 heterocycles. The highest BCUT2D eigenvalue weighted by molar-refractivity contribution is 5.97. The summed E-state index contributed by atoms with van der Waals surface area (Å²) in [6.07, 6.45) is 5.89. The number of nitrogens with one attached hydrogen (secondary N) is 1. The number of esters is 3. The zero-order valence-corrected chi connectivity index (χ0v) is 26.9. The molecule has 0 aliphatic heterocycles. The van der Waals surface area contributed by atoms with Gasteiger partial charge in [-0.15, -0.1) is 0 Å². The van der Waals surface area contributed by atoms with Crippen molar-refractivity contribution in [3.05, 3.63) is 108 Å². The molecule has 0 fully saturated rings. The first-order valence-corrected chi connectivity index (χ1v) is 15.4. The summed E-state index contributed by atoms with van der Waals surface area (Å²) in [4.78, 5) is 37.1. The summed E-state index contributed by atoms with van der Waals surface area (Å²) in [5.74, 6) is -0.00468. The Kier molecular flexibility index (Phi) is 12.3. The van der Waals surface area contributed by atoms with Crippen molar-refractivity contribution in [2.75, 3.05) is 20.3 Å². The zero-order valence-electron chi connectivity index (χ0n) is 26.9. The van der Waals surface area contributed by atoms with Gasteiger partial charge in [0.15, 0.2) is 11.5 Å². The molecule has 0 atom stereocenters. The summed E-state index contributed by atoms with van der Waals surface area (Å²) in [6, 6.07) is 20.7. The molecule has 47 heavy (non-hydrogen) atoms. The summed E-state index contributed by atoms with van der Waals surface area (Å²) in [6.45, 7) is 8.42. The number of unbranched alkanes of at least 4 members (excludes halogenated alkanes) is 3. The van der Waals surface area contributed by atoms with Crippen molar-refractivity contribution >= 4 is 34.9 Å².